The molecule has 4 rings (SSSR count). The number of hydrogen-bond acceptors (Lipinski definition) is 6. The Balaban J connectivity index is 1.53. The highest BCUT2D eigenvalue weighted by Gasteiger charge is 2.41. The van der Waals surface area contributed by atoms with Crippen molar-refractivity contribution in [2.75, 3.05) is 44.3 Å². The fourth-order valence-corrected chi connectivity index (χ4v) is 3.92. The van der Waals surface area contributed by atoms with Crippen molar-refractivity contribution >= 4 is 11.7 Å². The van der Waals surface area contributed by atoms with Gasteiger partial charge in [-0.25, -0.2) is 4.98 Å². The molecule has 1 spiro atoms. The normalized spacial score (nSPS) is 23.9. The minimum Gasteiger partial charge on any atom is -0.379 e. The minimum absolute atomic E-state index is 0.00694. The van der Waals surface area contributed by atoms with Gasteiger partial charge in [0.25, 0.3) is 5.91 Å². The van der Waals surface area contributed by atoms with Gasteiger partial charge in [0.1, 0.15) is 5.69 Å². The zero-order valence-corrected chi connectivity index (χ0v) is 15.0. The lowest BCUT2D eigenvalue weighted by molar-refractivity contribution is 0.0133. The molecule has 0 aliphatic carbocycles. The Morgan fingerprint density at radius 2 is 2.19 bits per heavy atom. The van der Waals surface area contributed by atoms with E-state index in [0.29, 0.717) is 25.5 Å². The van der Waals surface area contributed by atoms with Crippen molar-refractivity contribution in [3.05, 3.63) is 36.0 Å². The number of H-pyrrole nitrogens is 1. The van der Waals surface area contributed by atoms with Crippen LogP contribution in [-0.2, 0) is 4.74 Å². The Kier molecular flexibility index (Phi) is 4.58. The molecule has 1 amide bonds. The van der Waals surface area contributed by atoms with Crippen LogP contribution in [-0.4, -0.2) is 70.4 Å². The topological polar surface area (TPSA) is 87.2 Å². The molecule has 2 aromatic heterocycles. The molecule has 0 radical (unpaired) electrons. The second-order valence-electron chi connectivity index (χ2n) is 7.30. The zero-order chi connectivity index (χ0) is 18.0. The second kappa shape index (κ2) is 7.03. The van der Waals surface area contributed by atoms with Crippen LogP contribution in [0, 0.1) is 12.3 Å². The van der Waals surface area contributed by atoms with Gasteiger partial charge in [-0.05, 0) is 31.9 Å². The summed E-state index contributed by atoms with van der Waals surface area (Å²) in [6, 6.07) is 3.99. The number of amides is 1. The van der Waals surface area contributed by atoms with Crippen LogP contribution in [0.15, 0.2) is 24.7 Å². The molecule has 2 aliphatic rings. The van der Waals surface area contributed by atoms with Crippen molar-refractivity contribution in [3.8, 4) is 0 Å². The van der Waals surface area contributed by atoms with Crippen molar-refractivity contribution in [2.45, 2.75) is 19.8 Å². The number of likely N-dealkylation sites (tertiary alicyclic amines) is 1. The third kappa shape index (κ3) is 3.41. The van der Waals surface area contributed by atoms with Crippen LogP contribution in [0.2, 0.25) is 0 Å². The molecule has 1 unspecified atom stereocenters. The molecule has 8 heteroatoms. The highest BCUT2D eigenvalue weighted by atomic mass is 16.5. The number of nitrogens with one attached hydrogen (secondary N) is 1. The summed E-state index contributed by atoms with van der Waals surface area (Å²) in [5.41, 5.74) is 1.36. The number of aromatic amines is 1. The lowest BCUT2D eigenvalue weighted by atomic mass is 9.80. The highest BCUT2D eigenvalue weighted by Crippen LogP contribution is 2.34. The van der Waals surface area contributed by atoms with Crippen LogP contribution in [0.3, 0.4) is 0 Å². The number of carbonyl (C=O) groups excluding carboxylic acids is 1. The van der Waals surface area contributed by atoms with E-state index in [1.54, 1.807) is 12.5 Å². The van der Waals surface area contributed by atoms with Crippen molar-refractivity contribution in [1.29, 1.82) is 0 Å². The van der Waals surface area contributed by atoms with Gasteiger partial charge in [0.2, 0.25) is 0 Å². The van der Waals surface area contributed by atoms with E-state index in [0.717, 1.165) is 44.0 Å². The summed E-state index contributed by atoms with van der Waals surface area (Å²) in [6.45, 7) is 6.31. The predicted molar refractivity (Wildman–Crippen MR) is 96.0 cm³/mol. The van der Waals surface area contributed by atoms with Crippen molar-refractivity contribution in [3.63, 3.8) is 0 Å². The van der Waals surface area contributed by atoms with E-state index in [2.05, 4.69) is 25.1 Å². The van der Waals surface area contributed by atoms with E-state index < -0.39 is 0 Å². The maximum absolute atomic E-state index is 12.7. The second-order valence-corrected chi connectivity index (χ2v) is 7.30. The van der Waals surface area contributed by atoms with Crippen LogP contribution in [0.5, 0.6) is 0 Å². The van der Waals surface area contributed by atoms with Crippen LogP contribution in [0.4, 0.5) is 5.82 Å². The van der Waals surface area contributed by atoms with E-state index in [9.17, 15) is 4.79 Å². The largest absolute Gasteiger partial charge is 0.379 e. The fourth-order valence-electron chi connectivity index (χ4n) is 3.92. The zero-order valence-electron chi connectivity index (χ0n) is 15.0. The van der Waals surface area contributed by atoms with Gasteiger partial charge >= 0.3 is 0 Å². The average Bonchev–Trinajstić information content (AvgIpc) is 3.12. The van der Waals surface area contributed by atoms with Gasteiger partial charge in [-0.15, -0.1) is 5.10 Å². The number of aryl methyl sites for hydroxylation is 1. The SMILES string of the molecule is Cc1ccc(N2CCOCC3(CCCN(C(=O)c4cnc[nH]4)C3)C2)nn1. The van der Waals surface area contributed by atoms with Crippen LogP contribution >= 0.6 is 0 Å². The van der Waals surface area contributed by atoms with Crippen molar-refractivity contribution in [2.24, 2.45) is 5.41 Å². The van der Waals surface area contributed by atoms with Gasteiger partial charge in [-0.3, -0.25) is 4.79 Å². The van der Waals surface area contributed by atoms with Gasteiger partial charge in [-0.1, -0.05) is 0 Å². The van der Waals surface area contributed by atoms with E-state index in [1.807, 2.05) is 24.0 Å². The fraction of sp³-hybridized carbons (Fsp3) is 0.556. The molecule has 0 aromatic carbocycles. The molecule has 8 nitrogen and oxygen atoms in total. The molecule has 4 heterocycles. The third-order valence-corrected chi connectivity index (χ3v) is 5.23. The maximum atomic E-state index is 12.7. The number of piperidine rings is 1. The monoisotopic (exact) mass is 356 g/mol. The van der Waals surface area contributed by atoms with Gasteiger partial charge < -0.3 is 19.5 Å². The van der Waals surface area contributed by atoms with Crippen LogP contribution in [0.1, 0.15) is 29.0 Å². The predicted octanol–water partition coefficient (Wildman–Crippen LogP) is 1.27. The maximum Gasteiger partial charge on any atom is 0.271 e. The standard InChI is InChI=1S/C18H24N6O2/c1-14-3-4-16(22-21-14)23-7-8-26-12-18(10-23)5-2-6-24(11-18)17(25)15-9-19-13-20-15/h3-4,9,13H,2,5-8,10-12H2,1H3,(H,19,20). The Labute approximate surface area is 152 Å². The molecule has 1 atom stereocenters. The van der Waals surface area contributed by atoms with E-state index in [1.165, 1.54) is 0 Å². The van der Waals surface area contributed by atoms with Gasteiger partial charge in [0, 0.05) is 31.6 Å². The summed E-state index contributed by atoms with van der Waals surface area (Å²) in [4.78, 5) is 23.8. The van der Waals surface area contributed by atoms with E-state index in [-0.39, 0.29) is 11.3 Å². The summed E-state index contributed by atoms with van der Waals surface area (Å²) in [6.07, 6.45) is 5.13. The first-order valence-corrected chi connectivity index (χ1v) is 9.06. The van der Waals surface area contributed by atoms with E-state index in [4.69, 9.17) is 4.74 Å². The summed E-state index contributed by atoms with van der Waals surface area (Å²) in [5.74, 6) is 0.880. The first kappa shape index (κ1) is 17.0. The minimum atomic E-state index is -0.0863. The van der Waals surface area contributed by atoms with E-state index >= 15 is 0 Å². The van der Waals surface area contributed by atoms with Crippen molar-refractivity contribution < 1.29 is 9.53 Å². The summed E-state index contributed by atoms with van der Waals surface area (Å²) in [5, 5.41) is 8.53. The molecule has 138 valence electrons. The van der Waals surface area contributed by atoms with Crippen molar-refractivity contribution in [1.82, 2.24) is 25.1 Å². The number of anilines is 1. The van der Waals surface area contributed by atoms with Gasteiger partial charge in [0.05, 0.1) is 31.4 Å². The smallest absolute Gasteiger partial charge is 0.271 e. The Hall–Kier alpha value is -2.48. The molecule has 2 aliphatic heterocycles. The number of imidazole rings is 1. The molecule has 1 N–H and O–H groups in total. The molecular formula is C18H24N6O2. The summed E-state index contributed by atoms with van der Waals surface area (Å²) >= 11 is 0. The Bertz CT molecular complexity index is 748. The molecule has 26 heavy (non-hydrogen) atoms. The summed E-state index contributed by atoms with van der Waals surface area (Å²) in [7, 11) is 0. The van der Waals surface area contributed by atoms with Crippen LogP contribution in [0.25, 0.3) is 0 Å². The molecule has 2 saturated heterocycles. The molecule has 0 bridgehead atoms. The number of rotatable bonds is 2. The van der Waals surface area contributed by atoms with Gasteiger partial charge in [-0.2, -0.15) is 5.10 Å². The Morgan fingerprint density at radius 3 is 2.96 bits per heavy atom. The molecule has 2 fully saturated rings. The highest BCUT2D eigenvalue weighted by molar-refractivity contribution is 5.92. The first-order chi connectivity index (χ1) is 12.7. The van der Waals surface area contributed by atoms with Gasteiger partial charge in [0.15, 0.2) is 5.82 Å². The average molecular weight is 356 g/mol. The number of aromatic nitrogens is 4. The molecule has 2 aromatic rings. The number of hydrogen-bond donors (Lipinski definition) is 1. The lowest BCUT2D eigenvalue weighted by Gasteiger charge is -2.43. The first-order valence-electron chi connectivity index (χ1n) is 9.06. The third-order valence-electron chi connectivity index (χ3n) is 5.23. The number of ether oxygens (including phenoxy) is 1. The molecule has 0 saturated carbocycles. The van der Waals surface area contributed by atoms with Crippen LogP contribution < -0.4 is 4.90 Å². The quantitative estimate of drug-likeness (QED) is 0.872. The lowest BCUT2D eigenvalue weighted by Crippen LogP contribution is -2.52. The summed E-state index contributed by atoms with van der Waals surface area (Å²) < 4.78 is 5.93. The number of nitrogens with zero attached hydrogens (tertiary/aromatic N) is 5. The molecular weight excluding hydrogens is 332 g/mol. The Morgan fingerprint density at radius 1 is 1.27 bits per heavy atom. The number of carbonyl (C=O) groups is 1.